The number of alkyl halides is 3. The number of hydrogen-bond acceptors (Lipinski definition) is 1. The summed E-state index contributed by atoms with van der Waals surface area (Å²) in [5.74, 6) is 0.300. The Morgan fingerprint density at radius 2 is 1.39 bits per heavy atom. The zero-order chi connectivity index (χ0) is 17.2. The topological polar surface area (TPSA) is 12.4 Å². The summed E-state index contributed by atoms with van der Waals surface area (Å²) in [4.78, 5) is 4.11. The van der Waals surface area contributed by atoms with E-state index in [-0.39, 0.29) is 17.8 Å². The molecule has 0 spiro atoms. The van der Waals surface area contributed by atoms with Crippen molar-refractivity contribution in [2.24, 2.45) is 4.99 Å². The molecule has 0 aromatic heterocycles. The fourth-order valence-corrected chi connectivity index (χ4v) is 2.58. The van der Waals surface area contributed by atoms with Gasteiger partial charge in [0.2, 0.25) is 0 Å². The Balaban J connectivity index is 2.61. The lowest BCUT2D eigenvalue weighted by molar-refractivity contribution is -0.0589. The Morgan fingerprint density at radius 1 is 0.913 bits per heavy atom. The first-order valence-electron chi connectivity index (χ1n) is 7.72. The Kier molecular flexibility index (Phi) is 5.53. The van der Waals surface area contributed by atoms with E-state index in [0.29, 0.717) is 5.69 Å². The molecule has 0 unspecified atom stereocenters. The van der Waals surface area contributed by atoms with Crippen LogP contribution in [0.2, 0.25) is 0 Å². The molecule has 0 bridgehead atoms. The van der Waals surface area contributed by atoms with E-state index in [4.69, 9.17) is 0 Å². The van der Waals surface area contributed by atoms with Crippen LogP contribution in [0.3, 0.4) is 0 Å². The summed E-state index contributed by atoms with van der Waals surface area (Å²) in [5.41, 5.74) is 1.29. The van der Waals surface area contributed by atoms with Crippen LogP contribution in [0.25, 0.3) is 0 Å². The number of hydrogen-bond donors (Lipinski definition) is 0. The number of rotatable bonds is 4. The third kappa shape index (κ3) is 4.15. The SMILES string of the molecule is CC(C)c1cccc(C(C)C)c1N=C([C]1[CH][CH][CH][CH]1)C(F)(F)F. The molecule has 123 valence electrons. The molecule has 0 amide bonds. The van der Waals surface area contributed by atoms with Crippen LogP contribution in [-0.2, 0) is 0 Å². The highest BCUT2D eigenvalue weighted by atomic mass is 19.4. The lowest BCUT2D eigenvalue weighted by Gasteiger charge is -2.20. The van der Waals surface area contributed by atoms with E-state index in [1.54, 1.807) is 12.8 Å². The maximum absolute atomic E-state index is 13.5. The minimum atomic E-state index is -4.49. The third-order valence-corrected chi connectivity index (χ3v) is 3.77. The van der Waals surface area contributed by atoms with Crippen LogP contribution < -0.4 is 0 Å². The second-order valence-corrected chi connectivity index (χ2v) is 6.23. The molecule has 1 fully saturated rings. The zero-order valence-electron chi connectivity index (χ0n) is 13.8. The van der Waals surface area contributed by atoms with E-state index in [2.05, 4.69) is 4.99 Å². The van der Waals surface area contributed by atoms with Crippen molar-refractivity contribution in [2.45, 2.75) is 45.7 Å². The van der Waals surface area contributed by atoms with Crippen molar-refractivity contribution in [1.82, 2.24) is 0 Å². The van der Waals surface area contributed by atoms with Crippen molar-refractivity contribution in [2.75, 3.05) is 0 Å². The first-order valence-corrected chi connectivity index (χ1v) is 7.72. The molecule has 0 saturated heterocycles. The van der Waals surface area contributed by atoms with E-state index in [0.717, 1.165) is 11.1 Å². The van der Waals surface area contributed by atoms with Crippen LogP contribution in [0.4, 0.5) is 18.9 Å². The Hall–Kier alpha value is -1.32. The van der Waals surface area contributed by atoms with Gasteiger partial charge in [-0.2, -0.15) is 13.2 Å². The fraction of sp³-hybridized carbons (Fsp3) is 0.368. The molecule has 0 aliphatic heterocycles. The highest BCUT2D eigenvalue weighted by Crippen LogP contribution is 2.39. The molecular weight excluding hydrogens is 299 g/mol. The molecule has 0 atom stereocenters. The summed E-state index contributed by atoms with van der Waals surface area (Å²) in [6, 6.07) is 5.60. The fourth-order valence-electron chi connectivity index (χ4n) is 2.58. The van der Waals surface area contributed by atoms with Gasteiger partial charge >= 0.3 is 6.18 Å². The Bertz CT molecular complexity index is 538. The third-order valence-electron chi connectivity index (χ3n) is 3.77. The van der Waals surface area contributed by atoms with E-state index in [1.165, 1.54) is 12.8 Å². The van der Waals surface area contributed by atoms with Gasteiger partial charge in [-0.15, -0.1) is 0 Å². The van der Waals surface area contributed by atoms with E-state index < -0.39 is 11.9 Å². The largest absolute Gasteiger partial charge is 0.430 e. The van der Waals surface area contributed by atoms with Gasteiger partial charge in [0.05, 0.1) is 5.69 Å². The second-order valence-electron chi connectivity index (χ2n) is 6.23. The molecule has 1 aliphatic rings. The first-order chi connectivity index (χ1) is 10.7. The van der Waals surface area contributed by atoms with Gasteiger partial charge in [-0.25, -0.2) is 4.99 Å². The summed E-state index contributed by atoms with van der Waals surface area (Å²) in [6.45, 7) is 7.87. The maximum atomic E-state index is 13.5. The van der Waals surface area contributed by atoms with Gasteiger partial charge in [0.15, 0.2) is 0 Å². The van der Waals surface area contributed by atoms with Gasteiger partial charge in [0, 0.05) is 5.92 Å². The number of para-hydroxylation sites is 1. The molecule has 1 saturated carbocycles. The minimum Gasteiger partial charge on any atom is -0.247 e. The Labute approximate surface area is 137 Å². The van der Waals surface area contributed by atoms with Gasteiger partial charge in [-0.05, 0) is 48.6 Å². The number of nitrogens with zero attached hydrogens (tertiary/aromatic N) is 1. The van der Waals surface area contributed by atoms with Gasteiger partial charge in [-0.1, -0.05) is 45.9 Å². The monoisotopic (exact) mass is 320 g/mol. The van der Waals surface area contributed by atoms with Crippen LogP contribution in [0.15, 0.2) is 23.2 Å². The summed E-state index contributed by atoms with van der Waals surface area (Å²) >= 11 is 0. The average Bonchev–Trinajstić information content (AvgIpc) is 2.96. The van der Waals surface area contributed by atoms with Crippen LogP contribution >= 0.6 is 0 Å². The van der Waals surface area contributed by atoms with Crippen molar-refractivity contribution < 1.29 is 13.2 Å². The van der Waals surface area contributed by atoms with Crippen molar-refractivity contribution in [3.05, 3.63) is 60.9 Å². The smallest absolute Gasteiger partial charge is 0.247 e. The standard InChI is InChI=1S/C19H21F3N/c1-12(2)15-10-7-11-16(13(3)4)17(15)23-18(19(20,21)22)14-8-5-6-9-14/h5-13H,1-4H3. The van der Waals surface area contributed by atoms with Crippen LogP contribution in [0.1, 0.15) is 50.7 Å². The summed E-state index contributed by atoms with van der Waals surface area (Å²) < 4.78 is 40.5. The number of benzene rings is 1. The molecular formula is C19H21F3N. The van der Waals surface area contributed by atoms with Crippen LogP contribution in [0, 0.1) is 31.6 Å². The highest BCUT2D eigenvalue weighted by molar-refractivity contribution is 6.07. The maximum Gasteiger partial charge on any atom is 0.430 e. The predicted molar refractivity (Wildman–Crippen MR) is 88.2 cm³/mol. The lowest BCUT2D eigenvalue weighted by atomic mass is 9.92. The molecule has 1 nitrogen and oxygen atoms in total. The number of aliphatic imine (C=N–C) groups is 1. The van der Waals surface area contributed by atoms with Crippen molar-refractivity contribution in [1.29, 1.82) is 0 Å². The summed E-state index contributed by atoms with van der Waals surface area (Å²) in [7, 11) is 0. The summed E-state index contributed by atoms with van der Waals surface area (Å²) in [6.07, 6.45) is 1.58. The van der Waals surface area contributed by atoms with Crippen molar-refractivity contribution >= 4 is 11.4 Å². The normalized spacial score (nSPS) is 17.5. The lowest BCUT2D eigenvalue weighted by Crippen LogP contribution is -2.28. The molecule has 1 aliphatic carbocycles. The molecule has 23 heavy (non-hydrogen) atoms. The molecule has 0 N–H and O–H groups in total. The van der Waals surface area contributed by atoms with Gasteiger partial charge in [0.1, 0.15) is 5.71 Å². The second kappa shape index (κ2) is 7.06. The molecule has 1 aromatic carbocycles. The molecule has 2 rings (SSSR count). The minimum absolute atomic E-state index is 0.0987. The van der Waals surface area contributed by atoms with Gasteiger partial charge < -0.3 is 0 Å². The van der Waals surface area contributed by atoms with E-state index >= 15 is 0 Å². The molecule has 5 radical (unpaired) electrons. The molecule has 4 heteroatoms. The number of halogens is 3. The first kappa shape index (κ1) is 18.0. The Morgan fingerprint density at radius 3 is 1.78 bits per heavy atom. The molecule has 0 heterocycles. The quantitative estimate of drug-likeness (QED) is 0.606. The van der Waals surface area contributed by atoms with Gasteiger partial charge in [-0.3, -0.25) is 0 Å². The average molecular weight is 320 g/mol. The van der Waals surface area contributed by atoms with Gasteiger partial charge in [0.25, 0.3) is 0 Å². The molecule has 1 aromatic rings. The summed E-state index contributed by atoms with van der Waals surface area (Å²) in [5, 5.41) is 0. The van der Waals surface area contributed by atoms with E-state index in [9.17, 15) is 13.2 Å². The highest BCUT2D eigenvalue weighted by Gasteiger charge is 2.42. The zero-order valence-corrected chi connectivity index (χ0v) is 13.8. The predicted octanol–water partition coefficient (Wildman–Crippen LogP) is 5.97. The van der Waals surface area contributed by atoms with Crippen molar-refractivity contribution in [3.8, 4) is 0 Å². The van der Waals surface area contributed by atoms with E-state index in [1.807, 2.05) is 45.9 Å². The van der Waals surface area contributed by atoms with Crippen LogP contribution in [-0.4, -0.2) is 11.9 Å². The van der Waals surface area contributed by atoms with Crippen molar-refractivity contribution in [3.63, 3.8) is 0 Å². The van der Waals surface area contributed by atoms with Crippen LogP contribution in [0.5, 0.6) is 0 Å².